The number of hydrogen-bond donors (Lipinski definition) is 0. The second kappa shape index (κ2) is 4.07. The molecular formula is C17H16BrFN2O. The summed E-state index contributed by atoms with van der Waals surface area (Å²) >= 11 is 3.25. The number of carbonyl (C=O) groups excluding carboxylic acids is 1. The highest BCUT2D eigenvalue weighted by Crippen LogP contribution is 2.62. The van der Waals surface area contributed by atoms with E-state index in [0.29, 0.717) is 9.99 Å². The van der Waals surface area contributed by atoms with E-state index in [1.54, 1.807) is 24.2 Å². The van der Waals surface area contributed by atoms with E-state index in [1.807, 2.05) is 0 Å². The van der Waals surface area contributed by atoms with Gasteiger partial charge in [0, 0.05) is 24.1 Å². The maximum Gasteiger partial charge on any atom is 0.237 e. The number of hydrogen-bond acceptors (Lipinski definition) is 2. The van der Waals surface area contributed by atoms with Gasteiger partial charge in [0.25, 0.3) is 0 Å². The van der Waals surface area contributed by atoms with E-state index in [-0.39, 0.29) is 17.1 Å². The Hall–Kier alpha value is -1.49. The molecule has 0 atom stereocenters. The van der Waals surface area contributed by atoms with E-state index in [1.165, 1.54) is 6.07 Å². The topological polar surface area (TPSA) is 33.2 Å². The molecule has 1 aliphatic heterocycles. The first-order valence-electron chi connectivity index (χ1n) is 7.32. The molecule has 22 heavy (non-hydrogen) atoms. The molecule has 0 unspecified atom stereocenters. The third-order valence-electron chi connectivity index (χ3n) is 5.00. The molecule has 0 radical (unpaired) electrons. The lowest BCUT2D eigenvalue weighted by Crippen LogP contribution is -2.52. The summed E-state index contributed by atoms with van der Waals surface area (Å²) in [6, 6.07) is 3.19. The predicted octanol–water partition coefficient (Wildman–Crippen LogP) is 4.17. The van der Waals surface area contributed by atoms with Gasteiger partial charge in [0.2, 0.25) is 5.91 Å². The molecule has 2 heterocycles. The monoisotopic (exact) mass is 362 g/mol. The van der Waals surface area contributed by atoms with Crippen LogP contribution < -0.4 is 4.90 Å². The number of fused-ring (bicyclic) bond motifs is 4. The van der Waals surface area contributed by atoms with E-state index < -0.39 is 5.41 Å². The second-order valence-corrected chi connectivity index (χ2v) is 8.12. The van der Waals surface area contributed by atoms with Crippen molar-refractivity contribution in [3.05, 3.63) is 34.2 Å². The number of rotatable bonds is 0. The molecule has 2 aliphatic rings. The van der Waals surface area contributed by atoms with E-state index in [0.717, 1.165) is 29.5 Å². The molecule has 4 rings (SSSR count). The van der Waals surface area contributed by atoms with Gasteiger partial charge in [-0.05, 0) is 40.3 Å². The van der Waals surface area contributed by atoms with Crippen molar-refractivity contribution in [2.24, 2.45) is 5.41 Å². The number of aromatic nitrogens is 1. The number of anilines is 1. The van der Waals surface area contributed by atoms with Crippen LogP contribution in [0.25, 0.3) is 10.9 Å². The third kappa shape index (κ3) is 1.60. The normalized spacial score (nSPS) is 21.3. The van der Waals surface area contributed by atoms with Gasteiger partial charge < -0.3 is 4.90 Å². The Morgan fingerprint density at radius 2 is 2.00 bits per heavy atom. The van der Waals surface area contributed by atoms with Gasteiger partial charge in [0.15, 0.2) is 0 Å². The van der Waals surface area contributed by atoms with Crippen molar-refractivity contribution >= 4 is 38.4 Å². The summed E-state index contributed by atoms with van der Waals surface area (Å²) in [6.07, 6.45) is 3.34. The Balaban J connectivity index is 2.05. The van der Waals surface area contributed by atoms with Gasteiger partial charge >= 0.3 is 0 Å². The molecule has 5 heteroatoms. The van der Waals surface area contributed by atoms with Gasteiger partial charge in [0.05, 0.1) is 27.3 Å². The first-order chi connectivity index (χ1) is 10.3. The quantitative estimate of drug-likeness (QED) is 0.704. The molecular weight excluding hydrogens is 347 g/mol. The Kier molecular flexibility index (Phi) is 2.62. The average molecular weight is 363 g/mol. The zero-order valence-electron chi connectivity index (χ0n) is 12.7. The number of amides is 1. The fourth-order valence-electron chi connectivity index (χ4n) is 4.38. The van der Waals surface area contributed by atoms with Crippen LogP contribution in [-0.2, 0) is 10.2 Å². The van der Waals surface area contributed by atoms with Gasteiger partial charge in [-0.25, -0.2) is 4.39 Å². The van der Waals surface area contributed by atoms with Crippen molar-refractivity contribution in [3.8, 4) is 0 Å². The maximum absolute atomic E-state index is 13.8. The van der Waals surface area contributed by atoms with Gasteiger partial charge in [-0.1, -0.05) is 13.8 Å². The molecule has 1 fully saturated rings. The molecule has 2 aromatic rings. The zero-order valence-corrected chi connectivity index (χ0v) is 14.3. The molecule has 1 spiro atoms. The van der Waals surface area contributed by atoms with Crippen molar-refractivity contribution in [3.63, 3.8) is 0 Å². The molecule has 0 saturated heterocycles. The first-order valence-corrected chi connectivity index (χ1v) is 8.11. The molecule has 1 aromatic carbocycles. The van der Waals surface area contributed by atoms with E-state index >= 15 is 0 Å². The number of pyridine rings is 1. The number of halogens is 2. The zero-order chi connectivity index (χ0) is 15.9. The molecule has 3 nitrogen and oxygen atoms in total. The first kappa shape index (κ1) is 14.1. The lowest BCUT2D eigenvalue weighted by molar-refractivity contribution is -0.130. The van der Waals surface area contributed by atoms with Crippen molar-refractivity contribution in [1.82, 2.24) is 4.98 Å². The Morgan fingerprint density at radius 1 is 1.32 bits per heavy atom. The van der Waals surface area contributed by atoms with Crippen LogP contribution in [-0.4, -0.2) is 17.9 Å². The number of likely N-dealkylation sites (N-methyl/N-ethyl adjacent to an activating group) is 1. The minimum Gasteiger partial charge on any atom is -0.313 e. The molecule has 1 aliphatic carbocycles. The maximum atomic E-state index is 13.8. The van der Waals surface area contributed by atoms with Crippen LogP contribution in [0.4, 0.5) is 10.1 Å². The number of carbonyl (C=O) groups is 1. The van der Waals surface area contributed by atoms with Gasteiger partial charge in [-0.2, -0.15) is 0 Å². The summed E-state index contributed by atoms with van der Waals surface area (Å²) in [4.78, 5) is 18.9. The SMILES string of the molecule is CN1C(=O)C2(CC(C)(C)C2)c2c1cnc1cc(F)c(Br)cc21. The Bertz CT molecular complexity index is 838. The highest BCUT2D eigenvalue weighted by atomic mass is 79.9. The lowest BCUT2D eigenvalue weighted by atomic mass is 9.52. The van der Waals surface area contributed by atoms with Crippen LogP contribution in [0, 0.1) is 11.2 Å². The number of nitrogens with zero attached hydrogens (tertiary/aromatic N) is 2. The smallest absolute Gasteiger partial charge is 0.237 e. The van der Waals surface area contributed by atoms with Crippen LogP contribution in [0.1, 0.15) is 32.3 Å². The predicted molar refractivity (Wildman–Crippen MR) is 87.5 cm³/mol. The Labute approximate surface area is 136 Å². The van der Waals surface area contributed by atoms with Crippen LogP contribution in [0.2, 0.25) is 0 Å². The standard InChI is InChI=1S/C17H16BrFN2O/c1-16(2)7-17(8-16)14-9-4-10(18)11(19)5-12(9)20-6-13(14)21(3)15(17)22/h4-6H,7-8H2,1-3H3. The molecule has 0 N–H and O–H groups in total. The highest BCUT2D eigenvalue weighted by Gasteiger charge is 2.61. The molecule has 1 amide bonds. The average Bonchev–Trinajstić information content (AvgIpc) is 2.62. The molecule has 1 aromatic heterocycles. The number of benzene rings is 1. The lowest BCUT2D eigenvalue weighted by Gasteiger charge is -2.50. The van der Waals surface area contributed by atoms with Crippen molar-refractivity contribution in [2.45, 2.75) is 32.1 Å². The minimum absolute atomic E-state index is 0.136. The summed E-state index contributed by atoms with van der Waals surface area (Å²) in [7, 11) is 1.80. The van der Waals surface area contributed by atoms with Crippen LogP contribution >= 0.6 is 15.9 Å². The van der Waals surface area contributed by atoms with Crippen molar-refractivity contribution in [1.29, 1.82) is 0 Å². The summed E-state index contributed by atoms with van der Waals surface area (Å²) in [6.45, 7) is 4.37. The highest BCUT2D eigenvalue weighted by molar-refractivity contribution is 9.10. The van der Waals surface area contributed by atoms with Gasteiger partial charge in [-0.15, -0.1) is 0 Å². The largest absolute Gasteiger partial charge is 0.313 e. The van der Waals surface area contributed by atoms with Gasteiger partial charge in [-0.3, -0.25) is 9.78 Å². The fraction of sp³-hybridized carbons (Fsp3) is 0.412. The molecule has 114 valence electrons. The van der Waals surface area contributed by atoms with Crippen molar-refractivity contribution in [2.75, 3.05) is 11.9 Å². The fourth-order valence-corrected chi connectivity index (χ4v) is 4.72. The minimum atomic E-state index is -0.466. The summed E-state index contributed by atoms with van der Waals surface area (Å²) in [5, 5.41) is 0.874. The van der Waals surface area contributed by atoms with E-state index in [4.69, 9.17) is 0 Å². The third-order valence-corrected chi connectivity index (χ3v) is 5.61. The second-order valence-electron chi connectivity index (χ2n) is 7.27. The van der Waals surface area contributed by atoms with Crippen molar-refractivity contribution < 1.29 is 9.18 Å². The molecule has 0 bridgehead atoms. The Morgan fingerprint density at radius 3 is 2.64 bits per heavy atom. The van der Waals surface area contributed by atoms with E-state index in [2.05, 4.69) is 34.8 Å². The summed E-state index contributed by atoms with van der Waals surface area (Å²) in [5.41, 5.74) is 2.17. The van der Waals surface area contributed by atoms with Crippen LogP contribution in [0.15, 0.2) is 22.8 Å². The van der Waals surface area contributed by atoms with Crippen LogP contribution in [0.3, 0.4) is 0 Å². The molecule has 1 saturated carbocycles. The summed E-state index contributed by atoms with van der Waals surface area (Å²) < 4.78 is 14.2. The van der Waals surface area contributed by atoms with E-state index in [9.17, 15) is 9.18 Å². The van der Waals surface area contributed by atoms with Crippen LogP contribution in [0.5, 0.6) is 0 Å². The summed E-state index contributed by atoms with van der Waals surface area (Å²) in [5.74, 6) is -0.197. The van der Waals surface area contributed by atoms with Gasteiger partial charge in [0.1, 0.15) is 5.82 Å².